The maximum atomic E-state index is 9.36. The fraction of sp³-hybridized carbons (Fsp3) is 0.472. The smallest absolute Gasteiger partial charge is 0.143 e. The molecule has 736 valence electrons. The summed E-state index contributed by atoms with van der Waals surface area (Å²) in [4.78, 5) is 21.4. The molecule has 7 aromatic carbocycles. The van der Waals surface area contributed by atoms with Gasteiger partial charge in [-0.25, -0.2) is 0 Å². The second-order valence-electron chi connectivity index (χ2n) is 36.6. The molecule has 8 heterocycles. The minimum Gasteiger partial charge on any atom is -0.492 e. The van der Waals surface area contributed by atoms with Crippen LogP contribution in [0.3, 0.4) is 0 Å². The van der Waals surface area contributed by atoms with Crippen LogP contribution < -0.4 is 73.3 Å². The quantitative estimate of drug-likeness (QED) is 0.0186. The molecule has 1 aliphatic carbocycles. The number of rotatable bonds is 30. The van der Waals surface area contributed by atoms with Crippen molar-refractivity contribution in [3.8, 4) is 40.2 Å². The number of hydrogen-bond donors (Lipinski definition) is 14. The lowest BCUT2D eigenvalue weighted by molar-refractivity contribution is 0.184. The van der Waals surface area contributed by atoms with E-state index >= 15 is 0 Å². The van der Waals surface area contributed by atoms with Gasteiger partial charge < -0.3 is 137 Å². The van der Waals surface area contributed by atoms with E-state index in [1.165, 1.54) is 109 Å². The Morgan fingerprint density at radius 3 is 0.993 bits per heavy atom. The fourth-order valence-corrected chi connectivity index (χ4v) is 18.3. The number of aromatic nitrogens is 6. The van der Waals surface area contributed by atoms with E-state index < -0.39 is 0 Å². The largest absolute Gasteiger partial charge is 0.492 e. The average Bonchev–Trinajstić information content (AvgIpc) is 1.63. The molecule has 0 spiro atoms. The third-order valence-electron chi connectivity index (χ3n) is 26.9. The summed E-state index contributed by atoms with van der Waals surface area (Å²) >= 11 is 0. The van der Waals surface area contributed by atoms with Crippen molar-refractivity contribution in [2.24, 2.45) is 14.1 Å². The van der Waals surface area contributed by atoms with Crippen LogP contribution in [0, 0.1) is 83.1 Å². The molecule has 2 saturated heterocycles. The van der Waals surface area contributed by atoms with Crippen LogP contribution in [0.4, 0.5) is 39.8 Å². The summed E-state index contributed by atoms with van der Waals surface area (Å²) < 4.78 is 47.1. The van der Waals surface area contributed by atoms with Crippen LogP contribution in [0.15, 0.2) is 90.5 Å². The van der Waals surface area contributed by atoms with Gasteiger partial charge in [0.05, 0.1) is 52.9 Å². The van der Waals surface area contributed by atoms with Crippen molar-refractivity contribution in [2.75, 3.05) is 214 Å². The Hall–Kier alpha value is -11.6. The van der Waals surface area contributed by atoms with Gasteiger partial charge in [-0.3, -0.25) is 9.80 Å². The average molecular weight is 1860 g/mol. The number of aliphatic hydroxyl groups excluding tert-OH is 4. The number of likely N-dealkylation sites (N-methyl/N-ethyl adjacent to an activating group) is 3. The SMILES string of the molecule is CC1=C(C)C(CCO)c2c(OCCN(C)C)ccc(N)c21.Cc1[nH]c2c(OCCN(C)C)ccc(N)c2c1C.Cc1[nH]c2c(OCCN3CCCC3)ccc(N)c2c1C.Cc1[nH]c2c(OCCN3CCCCC3)ccc(N)c2c1C.Cc1c(C)n(C)c2c(OCCN(C)C)ccc(N)c12.Cc1c(C)n(C)c2c(OCCO)ccc(N)c12.Cc1c(C)n(CCO)c2c(OCCO)ccc(N)c12. The fourth-order valence-electron chi connectivity index (χ4n) is 18.3. The zero-order valence-corrected chi connectivity index (χ0v) is 84.5. The lowest BCUT2D eigenvalue weighted by Crippen LogP contribution is -2.33. The molecular weight excluding hydrogens is 1700 g/mol. The minimum atomic E-state index is -0.0372. The third kappa shape index (κ3) is 25.0. The molecule has 2 aliphatic heterocycles. The zero-order valence-electron chi connectivity index (χ0n) is 84.5. The molecule has 2 fully saturated rings. The van der Waals surface area contributed by atoms with E-state index in [9.17, 15) is 10.2 Å². The summed E-state index contributed by atoms with van der Waals surface area (Å²) in [5, 5.41) is 42.7. The highest BCUT2D eigenvalue weighted by Gasteiger charge is 2.32. The first-order valence-electron chi connectivity index (χ1n) is 47.4. The molecule has 135 heavy (non-hydrogen) atoms. The molecule has 3 aliphatic rings. The van der Waals surface area contributed by atoms with Crippen molar-refractivity contribution in [1.29, 1.82) is 0 Å². The first-order valence-corrected chi connectivity index (χ1v) is 47.4. The third-order valence-corrected chi connectivity index (χ3v) is 26.9. The van der Waals surface area contributed by atoms with Crippen molar-refractivity contribution >= 4 is 111 Å². The van der Waals surface area contributed by atoms with Crippen LogP contribution >= 0.6 is 0 Å². The number of nitrogens with two attached hydrogens (primary N) is 7. The molecule has 6 aromatic heterocycles. The van der Waals surface area contributed by atoms with Crippen LogP contribution in [0.1, 0.15) is 137 Å². The van der Waals surface area contributed by atoms with E-state index in [1.807, 2.05) is 147 Å². The van der Waals surface area contributed by atoms with Crippen molar-refractivity contribution in [1.82, 2.24) is 53.2 Å². The Labute approximate surface area is 798 Å². The molecule has 21 N–H and O–H groups in total. The summed E-state index contributed by atoms with van der Waals surface area (Å²) in [6.07, 6.45) is 7.37. The number of fused-ring (bicyclic) bond motifs is 7. The van der Waals surface area contributed by atoms with E-state index in [0.717, 1.165) is 219 Å². The first-order chi connectivity index (χ1) is 64.4. The number of allylic oxidation sites excluding steroid dienone is 2. The van der Waals surface area contributed by atoms with Gasteiger partial charge in [0, 0.05) is 183 Å². The van der Waals surface area contributed by atoms with Gasteiger partial charge in [-0.15, -0.1) is 0 Å². The van der Waals surface area contributed by atoms with E-state index in [2.05, 4.69) is 139 Å². The van der Waals surface area contributed by atoms with Crippen molar-refractivity contribution in [2.45, 2.75) is 148 Å². The summed E-state index contributed by atoms with van der Waals surface area (Å²) in [7, 11) is 16.3. The molecule has 0 bridgehead atoms. The van der Waals surface area contributed by atoms with E-state index in [-0.39, 0.29) is 39.0 Å². The monoisotopic (exact) mass is 1860 g/mol. The van der Waals surface area contributed by atoms with E-state index in [1.54, 1.807) is 6.07 Å². The number of likely N-dealkylation sites (tertiary alicyclic amines) is 2. The van der Waals surface area contributed by atoms with Crippen molar-refractivity contribution in [3.63, 3.8) is 0 Å². The van der Waals surface area contributed by atoms with Crippen LogP contribution in [-0.4, -0.2) is 247 Å². The van der Waals surface area contributed by atoms with Crippen molar-refractivity contribution in [3.05, 3.63) is 169 Å². The predicted octanol–water partition coefficient (Wildman–Crippen LogP) is 16.1. The molecule has 29 nitrogen and oxygen atoms in total. The Morgan fingerprint density at radius 2 is 0.630 bits per heavy atom. The normalized spacial score (nSPS) is 13.8. The predicted molar refractivity (Wildman–Crippen MR) is 561 cm³/mol. The van der Waals surface area contributed by atoms with Gasteiger partial charge in [0.2, 0.25) is 0 Å². The second kappa shape index (κ2) is 48.7. The number of nitrogens with one attached hydrogen (secondary N) is 3. The number of piperidine rings is 1. The van der Waals surface area contributed by atoms with E-state index in [0.29, 0.717) is 50.8 Å². The Bertz CT molecular complexity index is 6170. The van der Waals surface area contributed by atoms with Crippen LogP contribution in [0.2, 0.25) is 0 Å². The first kappa shape index (κ1) is 105. The van der Waals surface area contributed by atoms with Crippen molar-refractivity contribution < 1.29 is 53.6 Å². The highest BCUT2D eigenvalue weighted by Crippen LogP contribution is 2.50. The molecule has 13 aromatic rings. The topological polar surface area (TPSA) is 406 Å². The van der Waals surface area contributed by atoms with Crippen LogP contribution in [0.5, 0.6) is 40.2 Å². The number of anilines is 7. The lowest BCUT2D eigenvalue weighted by Gasteiger charge is -2.26. The standard InChI is InChI=1S/C17H25N3O.C17H26N2O2.C16H23N3O.C15H23N3O.C14H21N3O.C14H20N2O3.C13H18N2O2/c1-12-13(2)19-17-15(7-6-14(18)16(12)17)21-11-10-20-8-4-3-5-9-20;1-11-12(2)16-14(18)5-6-15(21-10-8-19(3)4)17(16)13(11)7-9-20;1-11-12(2)18-16-14(6-5-13(17)15(11)16)20-10-9-19-7-3-4-8-19;1-10-11(2)18(5)15-13(19-9-8-17(3)4)7-6-12(16)14(10)15;1-9-10(2)16-14-12(18-8-7-17(3)4)6-5-11(15)13(9)14;1-9-10(2)16(5-6-17)14-12(19-8-7-18)4-3-11(15)13(9)14;1-8-9(2)15(3)13-11(17-7-6-16)5-4-10(14)12(8)13/h6-7,19H,3-5,8-11,18H2,1-2H3;5-6,13,20H,7-10,18H2,1-4H3;5-6,18H,3-4,7-10,17H2,1-2H3;6-7H,8-9,16H2,1-5H3;5-6,16H,7-8,15H2,1-4H3;3-4,17-18H,5-8,15H2,1-2H3;4-5,16H,6-7,14H2,1-3H3. The summed E-state index contributed by atoms with van der Waals surface area (Å²) in [6, 6.07) is 26.8. The maximum absolute atomic E-state index is 9.36. The highest BCUT2D eigenvalue weighted by atomic mass is 16.5. The number of aryl methyl sites for hydroxylation is 11. The van der Waals surface area contributed by atoms with Gasteiger partial charge in [-0.2, -0.15) is 0 Å². The number of nitrogen functional groups attached to an aromatic ring is 7. The summed E-state index contributed by atoms with van der Waals surface area (Å²) in [6.45, 7) is 43.2. The summed E-state index contributed by atoms with van der Waals surface area (Å²) in [5.41, 5.74) is 72.9. The minimum absolute atomic E-state index is 0.00819. The van der Waals surface area contributed by atoms with Gasteiger partial charge in [0.25, 0.3) is 0 Å². The number of ether oxygens (including phenoxy) is 7. The summed E-state index contributed by atoms with van der Waals surface area (Å²) in [5.74, 6) is 6.16. The Kier molecular flexibility index (Phi) is 38.0. The van der Waals surface area contributed by atoms with Gasteiger partial charge in [0.1, 0.15) is 86.5 Å². The van der Waals surface area contributed by atoms with E-state index in [4.69, 9.17) is 83.5 Å². The lowest BCUT2D eigenvalue weighted by atomic mass is 9.92. The Balaban J connectivity index is 0.000000163. The zero-order chi connectivity index (χ0) is 98.5. The molecular formula is C106H156N18O11. The van der Waals surface area contributed by atoms with Gasteiger partial charge in [-0.1, -0.05) is 12.0 Å². The van der Waals surface area contributed by atoms with Gasteiger partial charge in [0.15, 0.2) is 0 Å². The molecule has 16 rings (SSSR count). The maximum Gasteiger partial charge on any atom is 0.143 e. The molecule has 1 atom stereocenters. The highest BCUT2D eigenvalue weighted by molar-refractivity contribution is 6.03. The van der Waals surface area contributed by atoms with Crippen LogP contribution in [0.25, 0.3) is 71.0 Å². The molecule has 1 unspecified atom stereocenters. The number of aliphatic hydroxyl groups is 4. The second-order valence-corrected chi connectivity index (χ2v) is 36.6. The number of nitrogens with zero attached hydrogens (tertiary/aromatic N) is 8. The molecule has 29 heteroatoms. The molecule has 0 saturated carbocycles. The number of benzene rings is 7. The molecule has 0 amide bonds. The van der Waals surface area contributed by atoms with Gasteiger partial charge in [-0.05, 0) is 321 Å². The number of H-pyrrole nitrogens is 3. The van der Waals surface area contributed by atoms with Gasteiger partial charge >= 0.3 is 0 Å². The number of aromatic amines is 3. The Morgan fingerprint density at radius 1 is 0.326 bits per heavy atom. The number of hydrogen-bond acceptors (Lipinski definition) is 23. The molecule has 0 radical (unpaired) electrons. The van der Waals surface area contributed by atoms with Crippen LogP contribution in [-0.2, 0) is 20.6 Å².